The molecular weight excluding hydrogens is 316 g/mol. The molecule has 0 atom stereocenters. The summed E-state index contributed by atoms with van der Waals surface area (Å²) in [6.45, 7) is 5.00. The zero-order chi connectivity index (χ0) is 16.7. The first-order valence-corrected chi connectivity index (χ1v) is 8.44. The number of nitrogens with one attached hydrogen (secondary N) is 3. The van der Waals surface area contributed by atoms with Gasteiger partial charge in [-0.15, -0.1) is 0 Å². The molecule has 7 nitrogen and oxygen atoms in total. The SMILES string of the molecule is CCCNC(=O)NC(=O)CSc1nc2ccc(OCC)cc2[nH]1. The van der Waals surface area contributed by atoms with Crippen LogP contribution in [0.2, 0.25) is 0 Å². The van der Waals surface area contributed by atoms with Crippen molar-refractivity contribution < 1.29 is 14.3 Å². The number of carbonyl (C=O) groups is 2. The summed E-state index contributed by atoms with van der Waals surface area (Å²) in [5, 5.41) is 5.48. The molecule has 0 aliphatic rings. The predicted molar refractivity (Wildman–Crippen MR) is 89.8 cm³/mol. The summed E-state index contributed by atoms with van der Waals surface area (Å²) in [7, 11) is 0. The molecule has 3 N–H and O–H groups in total. The molecule has 2 rings (SSSR count). The molecule has 3 amide bonds. The van der Waals surface area contributed by atoms with Gasteiger partial charge >= 0.3 is 6.03 Å². The zero-order valence-corrected chi connectivity index (χ0v) is 14.0. The van der Waals surface area contributed by atoms with E-state index in [1.807, 2.05) is 32.0 Å². The summed E-state index contributed by atoms with van der Waals surface area (Å²) in [6, 6.07) is 5.11. The van der Waals surface area contributed by atoms with Gasteiger partial charge in [-0.05, 0) is 25.5 Å². The first-order valence-electron chi connectivity index (χ1n) is 7.45. The van der Waals surface area contributed by atoms with Crippen LogP contribution in [0, 0.1) is 0 Å². The molecule has 0 radical (unpaired) electrons. The zero-order valence-electron chi connectivity index (χ0n) is 13.1. The largest absolute Gasteiger partial charge is 0.494 e. The van der Waals surface area contributed by atoms with Gasteiger partial charge in [0.05, 0.1) is 23.4 Å². The van der Waals surface area contributed by atoms with Crippen molar-refractivity contribution in [3.63, 3.8) is 0 Å². The van der Waals surface area contributed by atoms with Crippen LogP contribution in [0.25, 0.3) is 11.0 Å². The van der Waals surface area contributed by atoms with Crippen molar-refractivity contribution in [2.75, 3.05) is 18.9 Å². The number of thioether (sulfide) groups is 1. The molecule has 0 saturated heterocycles. The summed E-state index contributed by atoms with van der Waals surface area (Å²) in [6.07, 6.45) is 0.819. The molecular formula is C15H20N4O3S. The van der Waals surface area contributed by atoms with E-state index in [1.165, 1.54) is 11.8 Å². The summed E-state index contributed by atoms with van der Waals surface area (Å²) in [5.41, 5.74) is 1.65. The van der Waals surface area contributed by atoms with Crippen molar-refractivity contribution in [3.8, 4) is 5.75 Å². The number of aromatic nitrogens is 2. The number of H-pyrrole nitrogens is 1. The molecule has 0 bridgehead atoms. The van der Waals surface area contributed by atoms with Crippen molar-refractivity contribution in [2.24, 2.45) is 0 Å². The Morgan fingerprint density at radius 2 is 2.17 bits per heavy atom. The summed E-state index contributed by atoms with van der Waals surface area (Å²) in [5.74, 6) is 0.516. The lowest BCUT2D eigenvalue weighted by atomic mass is 10.3. The number of fused-ring (bicyclic) bond motifs is 1. The molecule has 0 spiro atoms. The van der Waals surface area contributed by atoms with Gasteiger partial charge in [0.1, 0.15) is 5.75 Å². The van der Waals surface area contributed by atoms with E-state index in [0.29, 0.717) is 18.3 Å². The minimum Gasteiger partial charge on any atom is -0.494 e. The third kappa shape index (κ3) is 5.17. The third-order valence-corrected chi connectivity index (χ3v) is 3.74. The van der Waals surface area contributed by atoms with Crippen LogP contribution in [0.15, 0.2) is 23.4 Å². The summed E-state index contributed by atoms with van der Waals surface area (Å²) >= 11 is 1.24. The second kappa shape index (κ2) is 8.42. The molecule has 8 heteroatoms. The van der Waals surface area contributed by atoms with Crippen LogP contribution >= 0.6 is 11.8 Å². The Morgan fingerprint density at radius 3 is 2.91 bits per heavy atom. The van der Waals surface area contributed by atoms with Gasteiger partial charge in [-0.3, -0.25) is 10.1 Å². The van der Waals surface area contributed by atoms with E-state index in [4.69, 9.17) is 4.74 Å². The first kappa shape index (κ1) is 17.1. The van der Waals surface area contributed by atoms with Gasteiger partial charge in [0.15, 0.2) is 5.16 Å². The molecule has 0 aliphatic carbocycles. The number of benzene rings is 1. The van der Waals surface area contributed by atoms with E-state index in [-0.39, 0.29) is 11.7 Å². The number of aromatic amines is 1. The van der Waals surface area contributed by atoms with Gasteiger partial charge < -0.3 is 15.0 Å². The Kier molecular flexibility index (Phi) is 6.28. The number of rotatable bonds is 7. The molecule has 1 aromatic carbocycles. The average molecular weight is 336 g/mol. The average Bonchev–Trinajstić information content (AvgIpc) is 2.93. The van der Waals surface area contributed by atoms with Gasteiger partial charge in [0.2, 0.25) is 5.91 Å². The quantitative estimate of drug-likeness (QED) is 0.674. The van der Waals surface area contributed by atoms with Crippen molar-refractivity contribution in [1.29, 1.82) is 0 Å². The number of nitrogens with zero attached hydrogens (tertiary/aromatic N) is 1. The lowest BCUT2D eigenvalue weighted by Crippen LogP contribution is -2.40. The monoisotopic (exact) mass is 336 g/mol. The highest BCUT2D eigenvalue weighted by molar-refractivity contribution is 7.99. The predicted octanol–water partition coefficient (Wildman–Crippen LogP) is 2.29. The van der Waals surface area contributed by atoms with E-state index < -0.39 is 6.03 Å². The molecule has 23 heavy (non-hydrogen) atoms. The molecule has 0 saturated carbocycles. The fraction of sp³-hybridized carbons (Fsp3) is 0.400. The number of imide groups is 1. The van der Waals surface area contributed by atoms with Crippen LogP contribution in [0.5, 0.6) is 5.75 Å². The Balaban J connectivity index is 1.89. The first-order chi connectivity index (χ1) is 11.1. The van der Waals surface area contributed by atoms with E-state index in [0.717, 1.165) is 23.2 Å². The number of imidazole rings is 1. The number of hydrogen-bond donors (Lipinski definition) is 3. The van der Waals surface area contributed by atoms with Crippen LogP contribution in [0.1, 0.15) is 20.3 Å². The van der Waals surface area contributed by atoms with Gasteiger partial charge in [-0.25, -0.2) is 9.78 Å². The van der Waals surface area contributed by atoms with E-state index in [2.05, 4.69) is 20.6 Å². The van der Waals surface area contributed by atoms with Crippen molar-refractivity contribution in [3.05, 3.63) is 18.2 Å². The van der Waals surface area contributed by atoms with Crippen molar-refractivity contribution in [1.82, 2.24) is 20.6 Å². The highest BCUT2D eigenvalue weighted by Gasteiger charge is 2.10. The van der Waals surface area contributed by atoms with Crippen LogP contribution < -0.4 is 15.4 Å². The third-order valence-electron chi connectivity index (χ3n) is 2.87. The van der Waals surface area contributed by atoms with E-state index in [1.54, 1.807) is 0 Å². The molecule has 0 unspecified atom stereocenters. The van der Waals surface area contributed by atoms with E-state index in [9.17, 15) is 9.59 Å². The van der Waals surface area contributed by atoms with Gasteiger partial charge in [0.25, 0.3) is 0 Å². The van der Waals surface area contributed by atoms with Crippen LogP contribution in [-0.4, -0.2) is 40.8 Å². The molecule has 1 heterocycles. The normalized spacial score (nSPS) is 10.5. The molecule has 124 valence electrons. The lowest BCUT2D eigenvalue weighted by molar-refractivity contribution is -0.117. The minimum absolute atomic E-state index is 0.109. The summed E-state index contributed by atoms with van der Waals surface area (Å²) in [4.78, 5) is 30.6. The van der Waals surface area contributed by atoms with Gasteiger partial charge in [0, 0.05) is 12.6 Å². The van der Waals surface area contributed by atoms with Gasteiger partial charge in [-0.1, -0.05) is 18.7 Å². The number of urea groups is 1. The highest BCUT2D eigenvalue weighted by atomic mass is 32.2. The summed E-state index contributed by atoms with van der Waals surface area (Å²) < 4.78 is 5.43. The Hall–Kier alpha value is -2.22. The number of hydrogen-bond acceptors (Lipinski definition) is 5. The van der Waals surface area contributed by atoms with Crippen molar-refractivity contribution >= 4 is 34.7 Å². The fourth-order valence-electron chi connectivity index (χ4n) is 1.87. The Bertz CT molecular complexity index is 686. The highest BCUT2D eigenvalue weighted by Crippen LogP contribution is 2.23. The second-order valence-electron chi connectivity index (χ2n) is 4.75. The minimum atomic E-state index is -0.469. The Labute approximate surface area is 138 Å². The maximum Gasteiger partial charge on any atom is 0.321 e. The number of ether oxygens (including phenoxy) is 1. The number of carbonyl (C=O) groups excluding carboxylic acids is 2. The van der Waals surface area contributed by atoms with Crippen LogP contribution in [0.3, 0.4) is 0 Å². The maximum absolute atomic E-state index is 11.7. The lowest BCUT2D eigenvalue weighted by Gasteiger charge is -2.04. The van der Waals surface area contributed by atoms with Crippen molar-refractivity contribution in [2.45, 2.75) is 25.4 Å². The maximum atomic E-state index is 11.7. The van der Waals surface area contributed by atoms with E-state index >= 15 is 0 Å². The standard InChI is InChI=1S/C15H20N4O3S/c1-3-7-16-14(21)19-13(20)9-23-15-17-11-6-5-10(22-4-2)8-12(11)18-15/h5-6,8H,3-4,7,9H2,1-2H3,(H,17,18)(H2,16,19,20,21). The molecule has 2 aromatic rings. The Morgan fingerprint density at radius 1 is 1.35 bits per heavy atom. The molecule has 0 aliphatic heterocycles. The second-order valence-corrected chi connectivity index (χ2v) is 5.71. The molecule has 1 aromatic heterocycles. The topological polar surface area (TPSA) is 96.1 Å². The van der Waals surface area contributed by atoms with Crippen LogP contribution in [0.4, 0.5) is 4.79 Å². The number of amides is 3. The molecule has 0 fully saturated rings. The smallest absolute Gasteiger partial charge is 0.321 e. The van der Waals surface area contributed by atoms with Gasteiger partial charge in [-0.2, -0.15) is 0 Å². The fourth-order valence-corrected chi connectivity index (χ4v) is 2.55. The van der Waals surface area contributed by atoms with Crippen LogP contribution in [-0.2, 0) is 4.79 Å².